The van der Waals surface area contributed by atoms with Gasteiger partial charge in [0.05, 0.1) is 5.69 Å². The lowest BCUT2D eigenvalue weighted by Gasteiger charge is -2.26. The summed E-state index contributed by atoms with van der Waals surface area (Å²) >= 11 is 0. The number of hydrogen-bond acceptors (Lipinski definition) is 6. The average molecular weight is 629 g/mol. The molecule has 2 aromatic heterocycles. The van der Waals surface area contributed by atoms with Crippen LogP contribution in [0.5, 0.6) is 46.5 Å². The van der Waals surface area contributed by atoms with Crippen LogP contribution in [0.4, 0.5) is 0 Å². The van der Waals surface area contributed by atoms with Crippen molar-refractivity contribution in [1.29, 1.82) is 0 Å². The Balaban J connectivity index is 1.04. The van der Waals surface area contributed by atoms with Gasteiger partial charge in [0.1, 0.15) is 23.0 Å². The smallest absolute Gasteiger partial charge is 0.202 e. The van der Waals surface area contributed by atoms with E-state index in [1.165, 1.54) is 14.7 Å². The number of aromatic nitrogens is 2. The van der Waals surface area contributed by atoms with E-state index in [2.05, 4.69) is 45.0 Å². The van der Waals surface area contributed by atoms with Crippen LogP contribution in [0.25, 0.3) is 5.69 Å². The molecule has 0 atom stereocenters. The van der Waals surface area contributed by atoms with Gasteiger partial charge < -0.3 is 29.9 Å². The number of rotatable bonds is 7. The van der Waals surface area contributed by atoms with Gasteiger partial charge in [0.25, 0.3) is 0 Å². The first-order valence-electron chi connectivity index (χ1n) is 15.5. The van der Waals surface area contributed by atoms with Crippen molar-refractivity contribution in [1.82, 2.24) is 9.13 Å². The molecule has 0 fully saturated rings. The molecule has 0 saturated carbocycles. The van der Waals surface area contributed by atoms with Crippen molar-refractivity contribution in [2.24, 2.45) is 7.05 Å². The normalized spacial score (nSPS) is 12.4. The molecule has 7 rings (SSSR count). The molecule has 8 heteroatoms. The summed E-state index contributed by atoms with van der Waals surface area (Å²) in [5.41, 5.74) is 5.92. The molecule has 0 amide bonds. The van der Waals surface area contributed by atoms with Crippen molar-refractivity contribution in [2.45, 2.75) is 39.0 Å². The quantitative estimate of drug-likeness (QED) is 0.141. The average Bonchev–Trinajstić information content (AvgIpc) is 3.45. The number of aromatic hydroxyl groups is 4. The van der Waals surface area contributed by atoms with Gasteiger partial charge >= 0.3 is 0 Å². The second kappa shape index (κ2) is 11.2. The van der Waals surface area contributed by atoms with Gasteiger partial charge in [-0.3, -0.25) is 9.13 Å². The molecule has 0 aliphatic heterocycles. The van der Waals surface area contributed by atoms with Crippen molar-refractivity contribution >= 4 is 0 Å². The van der Waals surface area contributed by atoms with Crippen molar-refractivity contribution in [3.8, 4) is 52.2 Å². The van der Waals surface area contributed by atoms with Crippen molar-refractivity contribution in [3.63, 3.8) is 0 Å². The largest absolute Gasteiger partial charge is 0.494 e. The summed E-state index contributed by atoms with van der Waals surface area (Å²) < 4.78 is 14.8. The maximum atomic E-state index is 11.1. The predicted octanol–water partition coefficient (Wildman–Crippen LogP) is 8.35. The molecule has 0 saturated heterocycles. The fraction of sp³-hybridized carbons (Fsp3) is 0.179. The number of ether oxygens (including phenoxy) is 2. The summed E-state index contributed by atoms with van der Waals surface area (Å²) in [6.07, 6.45) is 0.387. The summed E-state index contributed by atoms with van der Waals surface area (Å²) in [5, 5.41) is 43.0. The molecule has 0 radical (unpaired) electrons. The van der Waals surface area contributed by atoms with Crippen LogP contribution in [-0.4, -0.2) is 29.6 Å². The third-order valence-electron chi connectivity index (χ3n) is 9.31. The third-order valence-corrected chi connectivity index (χ3v) is 9.31. The molecule has 2 heterocycles. The fourth-order valence-electron chi connectivity index (χ4n) is 6.34. The summed E-state index contributed by atoms with van der Waals surface area (Å²) in [5.74, 6) is 2.57. The van der Waals surface area contributed by atoms with E-state index in [9.17, 15) is 20.4 Å². The second-order valence-corrected chi connectivity index (χ2v) is 12.6. The van der Waals surface area contributed by atoms with Gasteiger partial charge in [0.15, 0.2) is 11.8 Å². The maximum Gasteiger partial charge on any atom is 0.202 e. The van der Waals surface area contributed by atoms with E-state index in [1.54, 1.807) is 31.3 Å². The molecular formula is C39H36N2O6. The Morgan fingerprint density at radius 2 is 0.851 bits per heavy atom. The van der Waals surface area contributed by atoms with Crippen molar-refractivity contribution in [3.05, 3.63) is 136 Å². The second-order valence-electron chi connectivity index (χ2n) is 12.6. The van der Waals surface area contributed by atoms with Gasteiger partial charge in [-0.2, -0.15) is 0 Å². The first kappa shape index (κ1) is 29.9. The highest BCUT2D eigenvalue weighted by Gasteiger charge is 2.33. The highest BCUT2D eigenvalue weighted by molar-refractivity contribution is 5.62. The number of hydrogen-bond donors (Lipinski definition) is 4. The van der Waals surface area contributed by atoms with Crippen LogP contribution in [0.3, 0.4) is 0 Å². The minimum absolute atomic E-state index is 0.0498. The molecule has 6 aromatic rings. The van der Waals surface area contributed by atoms with Gasteiger partial charge in [-0.15, -0.1) is 0 Å². The zero-order valence-corrected chi connectivity index (χ0v) is 26.7. The minimum atomic E-state index is -0.248. The molecular weight excluding hydrogens is 592 g/mol. The van der Waals surface area contributed by atoms with E-state index in [1.807, 2.05) is 48.5 Å². The van der Waals surface area contributed by atoms with Crippen LogP contribution in [0.2, 0.25) is 0 Å². The fourth-order valence-corrected chi connectivity index (χ4v) is 6.34. The molecule has 8 nitrogen and oxygen atoms in total. The molecule has 47 heavy (non-hydrogen) atoms. The van der Waals surface area contributed by atoms with E-state index in [4.69, 9.17) is 9.47 Å². The summed E-state index contributed by atoms with van der Waals surface area (Å²) in [4.78, 5) is 0. The minimum Gasteiger partial charge on any atom is -0.494 e. The molecule has 1 aliphatic rings. The number of aryl methyl sites for hydroxylation is 1. The SMILES string of the molecule is Cc1ccc(Oc2ccc(C(C)(C)c3ccc(Oc4ccc(-n5c(O)c6c(c5O)Cc5c(c(O)n(C)c5O)C6)cc4)cc3)cc2)cc1. The van der Waals surface area contributed by atoms with E-state index in [0.29, 0.717) is 39.4 Å². The van der Waals surface area contributed by atoms with Crippen LogP contribution in [0.15, 0.2) is 97.1 Å². The van der Waals surface area contributed by atoms with Gasteiger partial charge in [-0.1, -0.05) is 55.8 Å². The Labute approximate surface area is 273 Å². The van der Waals surface area contributed by atoms with Crippen LogP contribution in [0, 0.1) is 6.92 Å². The molecule has 1 aliphatic carbocycles. The van der Waals surface area contributed by atoms with E-state index < -0.39 is 0 Å². The number of fused-ring (bicyclic) bond motifs is 2. The van der Waals surface area contributed by atoms with Crippen molar-refractivity contribution in [2.75, 3.05) is 0 Å². The van der Waals surface area contributed by atoms with Crippen LogP contribution in [0.1, 0.15) is 52.8 Å². The van der Waals surface area contributed by atoms with Crippen molar-refractivity contribution < 1.29 is 29.9 Å². The van der Waals surface area contributed by atoms with Gasteiger partial charge in [0.2, 0.25) is 11.8 Å². The van der Waals surface area contributed by atoms with Gasteiger partial charge in [0, 0.05) is 47.6 Å². The van der Waals surface area contributed by atoms with Gasteiger partial charge in [-0.25, -0.2) is 0 Å². The van der Waals surface area contributed by atoms with Crippen LogP contribution >= 0.6 is 0 Å². The zero-order chi connectivity index (χ0) is 33.0. The Bertz CT molecular complexity index is 2030. The Morgan fingerprint density at radius 1 is 0.511 bits per heavy atom. The molecule has 0 spiro atoms. The molecule has 0 unspecified atom stereocenters. The maximum absolute atomic E-state index is 11.1. The molecule has 238 valence electrons. The monoisotopic (exact) mass is 628 g/mol. The summed E-state index contributed by atoms with van der Waals surface area (Å²) in [6.45, 7) is 6.42. The van der Waals surface area contributed by atoms with E-state index in [0.717, 1.165) is 22.6 Å². The lowest BCUT2D eigenvalue weighted by Crippen LogP contribution is -2.18. The first-order valence-corrected chi connectivity index (χ1v) is 15.5. The predicted molar refractivity (Wildman–Crippen MR) is 180 cm³/mol. The van der Waals surface area contributed by atoms with Gasteiger partial charge in [-0.05, 0) is 78.7 Å². The summed E-state index contributed by atoms with van der Waals surface area (Å²) in [7, 11) is 1.57. The number of benzene rings is 4. The zero-order valence-electron chi connectivity index (χ0n) is 26.7. The summed E-state index contributed by atoms with van der Waals surface area (Å²) in [6, 6.07) is 31.3. The Kier molecular flexibility index (Phi) is 7.16. The van der Waals surface area contributed by atoms with Crippen LogP contribution < -0.4 is 9.47 Å². The first-order chi connectivity index (χ1) is 22.5. The molecule has 4 aromatic carbocycles. The topological polar surface area (TPSA) is 109 Å². The Hall–Kier alpha value is -5.76. The van der Waals surface area contributed by atoms with Crippen LogP contribution in [-0.2, 0) is 25.3 Å². The lowest BCUT2D eigenvalue weighted by molar-refractivity contribution is 0.383. The highest BCUT2D eigenvalue weighted by Crippen LogP contribution is 2.47. The molecule has 4 N–H and O–H groups in total. The lowest BCUT2D eigenvalue weighted by atomic mass is 9.78. The number of nitrogens with zero attached hydrogens (tertiary/aromatic N) is 2. The Morgan fingerprint density at radius 3 is 1.26 bits per heavy atom. The molecule has 0 bridgehead atoms. The highest BCUT2D eigenvalue weighted by atomic mass is 16.5. The standard InChI is InChI=1S/C39H36N2O6/c1-23-5-13-27(14-6-23)46-28-15-7-24(8-16-28)39(2,3)25-9-17-29(18-10-25)47-30-19-11-26(12-20-30)41-37(44)33-21-31-32(22-34(33)38(41)45)36(43)40(4)35(31)42/h5-20,42-45H,21-22H2,1-4H3. The van der Waals surface area contributed by atoms with E-state index in [-0.39, 0.29) is 41.8 Å². The van der Waals surface area contributed by atoms with E-state index >= 15 is 0 Å². The third kappa shape index (κ3) is 5.21.